The maximum absolute atomic E-state index is 14.0. The van der Waals surface area contributed by atoms with Crippen LogP contribution in [0.15, 0.2) is 95.7 Å². The van der Waals surface area contributed by atoms with Crippen LogP contribution in [0, 0.1) is 15.5 Å². The number of fused-ring (bicyclic) bond motifs is 1. The lowest BCUT2D eigenvalue weighted by atomic mass is 9.72. The smallest absolute Gasteiger partial charge is 0.293 e. The zero-order chi connectivity index (χ0) is 45.3. The number of nitro groups is 1. The molecule has 2 unspecified atom stereocenters. The number of piperazine rings is 1. The van der Waals surface area contributed by atoms with Gasteiger partial charge in [0.2, 0.25) is 0 Å². The number of amides is 1. The summed E-state index contributed by atoms with van der Waals surface area (Å²) >= 11 is 6.25. The maximum Gasteiger partial charge on any atom is 0.293 e. The van der Waals surface area contributed by atoms with E-state index < -0.39 is 31.4 Å². The number of morpholine rings is 1. The normalized spacial score (nSPS) is 20.8. The number of pyridine rings is 1. The van der Waals surface area contributed by atoms with Gasteiger partial charge in [0.25, 0.3) is 21.6 Å². The quantitative estimate of drug-likeness (QED) is 0.0760. The van der Waals surface area contributed by atoms with Crippen molar-refractivity contribution in [3.05, 3.63) is 117 Å². The van der Waals surface area contributed by atoms with E-state index in [4.69, 9.17) is 21.1 Å². The van der Waals surface area contributed by atoms with Crippen molar-refractivity contribution < 1.29 is 27.6 Å². The number of nitro benzene ring substituents is 1. The zero-order valence-corrected chi connectivity index (χ0v) is 38.3. The third kappa shape index (κ3) is 10.3. The summed E-state index contributed by atoms with van der Waals surface area (Å²) in [5.41, 5.74) is 5.62. The summed E-state index contributed by atoms with van der Waals surface area (Å²) in [7, 11) is -4.57. The van der Waals surface area contributed by atoms with E-state index in [1.165, 1.54) is 35.0 Å². The molecule has 9 rings (SSSR count). The van der Waals surface area contributed by atoms with Crippen LogP contribution in [0.2, 0.25) is 5.02 Å². The molecule has 15 nitrogen and oxygen atoms in total. The average Bonchev–Trinajstić information content (AvgIpc) is 3.97. The van der Waals surface area contributed by atoms with Crippen molar-refractivity contribution in [1.29, 1.82) is 0 Å². The van der Waals surface area contributed by atoms with Crippen molar-refractivity contribution in [2.45, 2.75) is 69.4 Å². The Kier molecular flexibility index (Phi) is 12.9. The minimum Gasteiger partial charge on any atom is -0.455 e. The molecule has 4 aliphatic rings. The molecule has 65 heavy (non-hydrogen) atoms. The van der Waals surface area contributed by atoms with Gasteiger partial charge >= 0.3 is 0 Å². The van der Waals surface area contributed by atoms with Gasteiger partial charge in [-0.15, -0.1) is 0 Å². The van der Waals surface area contributed by atoms with Gasteiger partial charge in [0.15, 0.2) is 0 Å². The highest BCUT2D eigenvalue weighted by molar-refractivity contribution is 7.90. The first-order valence-electron chi connectivity index (χ1n) is 22.4. The second-order valence-corrected chi connectivity index (χ2v) is 20.5. The van der Waals surface area contributed by atoms with Crippen molar-refractivity contribution in [3.8, 4) is 11.5 Å². The van der Waals surface area contributed by atoms with E-state index >= 15 is 0 Å². The number of benzene rings is 3. The average molecular weight is 924 g/mol. The number of hydrogen-bond donors (Lipinski definition) is 3. The molecule has 3 aromatic carbocycles. The summed E-state index contributed by atoms with van der Waals surface area (Å²) in [4.78, 5) is 39.9. The van der Waals surface area contributed by atoms with Gasteiger partial charge in [0.05, 0.1) is 34.8 Å². The highest BCUT2D eigenvalue weighted by atomic mass is 35.5. The molecule has 1 saturated carbocycles. The van der Waals surface area contributed by atoms with Crippen LogP contribution in [0.3, 0.4) is 0 Å². The monoisotopic (exact) mass is 922 g/mol. The summed E-state index contributed by atoms with van der Waals surface area (Å²) < 4.78 is 41.6. The first-order valence-corrected chi connectivity index (χ1v) is 24.3. The van der Waals surface area contributed by atoms with Gasteiger partial charge in [-0.05, 0) is 104 Å². The van der Waals surface area contributed by atoms with Crippen molar-refractivity contribution >= 4 is 61.2 Å². The van der Waals surface area contributed by atoms with Crippen LogP contribution in [0.4, 0.5) is 17.1 Å². The van der Waals surface area contributed by atoms with Crippen molar-refractivity contribution in [2.24, 2.45) is 5.41 Å². The number of carbonyl (C=O) groups is 1. The van der Waals surface area contributed by atoms with E-state index in [1.54, 1.807) is 30.5 Å². The number of nitrogens with zero attached hydrogens (tertiary/aromatic N) is 5. The second-order valence-electron chi connectivity index (χ2n) is 18.4. The number of aromatic nitrogens is 2. The molecule has 1 amide bonds. The molecule has 4 heterocycles. The first kappa shape index (κ1) is 44.7. The molecule has 5 aromatic rings. The summed E-state index contributed by atoms with van der Waals surface area (Å²) in [5.74, 6) is -0.458. The Bertz CT molecular complexity index is 2710. The molecule has 2 atom stereocenters. The lowest BCUT2D eigenvalue weighted by molar-refractivity contribution is -0.384. The van der Waals surface area contributed by atoms with Crippen LogP contribution >= 0.6 is 11.6 Å². The van der Waals surface area contributed by atoms with Gasteiger partial charge < -0.3 is 24.7 Å². The fourth-order valence-electron chi connectivity index (χ4n) is 9.75. The maximum atomic E-state index is 14.0. The number of hydrogen-bond acceptors (Lipinski definition) is 12. The van der Waals surface area contributed by atoms with E-state index in [0.717, 1.165) is 107 Å². The Morgan fingerprint density at radius 1 is 1.00 bits per heavy atom. The molecule has 3 N–H and O–H groups in total. The van der Waals surface area contributed by atoms with Crippen LogP contribution in [-0.4, -0.2) is 110 Å². The molecule has 2 aliphatic heterocycles. The molecule has 2 saturated heterocycles. The van der Waals surface area contributed by atoms with E-state index in [1.807, 2.05) is 18.2 Å². The minimum atomic E-state index is -4.57. The largest absolute Gasteiger partial charge is 0.455 e. The number of halogens is 1. The minimum absolute atomic E-state index is 0.0110. The Morgan fingerprint density at radius 3 is 2.55 bits per heavy atom. The third-order valence-electron chi connectivity index (χ3n) is 13.4. The number of ether oxygens (including phenoxy) is 2. The SMILES string of the molecule is CC1(C)CCC(CN2CCN(c3ccc(C(=O)NS(=O)(=O)c4ccc(NC5CCC(N6CCOCC6)C5)c([N+](=O)[O-])c4)c(Oc4cnc5[nH]ccc5c4)c3)CC2)=C(c2ccc(Cl)cc2)C1. The molecule has 342 valence electrons. The van der Waals surface area contributed by atoms with E-state index in [2.05, 4.69) is 60.7 Å². The first-order chi connectivity index (χ1) is 31.3. The Morgan fingerprint density at radius 2 is 1.78 bits per heavy atom. The number of rotatable bonds is 13. The standard InChI is InChI=1S/C48H55ClN8O7S/c1-48(2)15-13-34(42(29-48)32-3-5-35(49)6-4-32)31-54-17-19-55(20-18-54)38-9-11-41(45(27-38)64-39-25-33-14-16-50-46(33)51-30-39)47(58)53-65(61,62)40-10-12-43(44(28-40)57(59)60)52-36-7-8-37(26-36)56-21-23-63-24-22-56/h3-6,9-12,14,16,25,27-28,30,36-37,52H,7-8,13,15,17-24,26,29,31H2,1-2H3,(H,50,51)(H,53,58). The van der Waals surface area contributed by atoms with Gasteiger partial charge in [-0.2, -0.15) is 0 Å². The van der Waals surface area contributed by atoms with Crippen LogP contribution < -0.4 is 19.7 Å². The van der Waals surface area contributed by atoms with Crippen molar-refractivity contribution in [2.75, 3.05) is 69.2 Å². The van der Waals surface area contributed by atoms with Crippen LogP contribution in [0.25, 0.3) is 16.6 Å². The molecule has 0 spiro atoms. The Hall–Kier alpha value is -5.52. The predicted molar refractivity (Wildman–Crippen MR) is 252 cm³/mol. The summed E-state index contributed by atoms with van der Waals surface area (Å²) in [6, 6.07) is 20.9. The number of allylic oxidation sites excluding steroid dienone is 1. The Labute approximate surface area is 384 Å². The van der Waals surface area contributed by atoms with Crippen molar-refractivity contribution in [3.63, 3.8) is 0 Å². The number of H-pyrrole nitrogens is 1. The van der Waals surface area contributed by atoms with Crippen molar-refractivity contribution in [1.82, 2.24) is 24.5 Å². The molecule has 3 fully saturated rings. The summed E-state index contributed by atoms with van der Waals surface area (Å²) in [5, 5.41) is 17.1. The topological polar surface area (TPSA) is 175 Å². The molecular formula is C48H55ClN8O7S. The molecule has 0 radical (unpaired) electrons. The molecule has 2 aliphatic carbocycles. The van der Waals surface area contributed by atoms with Gasteiger partial charge in [-0.3, -0.25) is 24.7 Å². The second kappa shape index (κ2) is 18.8. The number of nitrogens with one attached hydrogen (secondary N) is 3. The number of anilines is 2. The van der Waals surface area contributed by atoms with E-state index in [9.17, 15) is 23.3 Å². The van der Waals surface area contributed by atoms with Crippen LogP contribution in [0.5, 0.6) is 11.5 Å². The van der Waals surface area contributed by atoms with Gasteiger partial charge in [0.1, 0.15) is 22.8 Å². The lowest BCUT2D eigenvalue weighted by Gasteiger charge is -2.39. The molecule has 0 bridgehead atoms. The Balaban J connectivity index is 0.915. The van der Waals surface area contributed by atoms with Gasteiger partial charge in [-0.1, -0.05) is 43.2 Å². The highest BCUT2D eigenvalue weighted by Crippen LogP contribution is 2.44. The van der Waals surface area contributed by atoms with Crippen LogP contribution in [-0.2, 0) is 14.8 Å². The third-order valence-corrected chi connectivity index (χ3v) is 15.0. The van der Waals surface area contributed by atoms with Gasteiger partial charge in [0, 0.05) is 92.3 Å². The summed E-state index contributed by atoms with van der Waals surface area (Å²) in [6.45, 7) is 11.8. The molecule has 17 heteroatoms. The predicted octanol–water partition coefficient (Wildman–Crippen LogP) is 8.49. The van der Waals surface area contributed by atoms with E-state index in [-0.39, 0.29) is 28.5 Å². The van der Waals surface area contributed by atoms with Gasteiger partial charge in [-0.25, -0.2) is 18.1 Å². The fraction of sp³-hybridized carbons (Fsp3) is 0.417. The summed E-state index contributed by atoms with van der Waals surface area (Å²) in [6.07, 6.45) is 9.08. The van der Waals surface area contributed by atoms with E-state index in [0.29, 0.717) is 30.7 Å². The molecule has 2 aromatic heterocycles. The van der Waals surface area contributed by atoms with Crippen LogP contribution in [0.1, 0.15) is 68.3 Å². The number of aromatic amines is 1. The number of carbonyl (C=O) groups excluding carboxylic acids is 1. The molecular weight excluding hydrogens is 868 g/mol. The fourth-order valence-corrected chi connectivity index (χ4v) is 10.9. The highest BCUT2D eigenvalue weighted by Gasteiger charge is 2.33. The lowest BCUT2D eigenvalue weighted by Crippen LogP contribution is -2.47. The number of sulfonamides is 1. The zero-order valence-electron chi connectivity index (χ0n) is 36.7.